The van der Waals surface area contributed by atoms with Gasteiger partial charge in [0.15, 0.2) is 0 Å². The number of anilines is 1. The summed E-state index contributed by atoms with van der Waals surface area (Å²) in [5, 5.41) is 10.2. The molecular formula is C23H32ClN5O. The lowest BCUT2D eigenvalue weighted by molar-refractivity contribution is 0.115. The lowest BCUT2D eigenvalue weighted by atomic mass is 9.81. The van der Waals surface area contributed by atoms with Crippen LogP contribution in [0.15, 0.2) is 30.6 Å². The zero-order valence-corrected chi connectivity index (χ0v) is 18.8. The molecule has 30 heavy (non-hydrogen) atoms. The predicted molar refractivity (Wildman–Crippen MR) is 122 cm³/mol. The first-order chi connectivity index (χ1) is 14.5. The van der Waals surface area contributed by atoms with Crippen LogP contribution in [0, 0.1) is 5.41 Å². The fourth-order valence-corrected chi connectivity index (χ4v) is 4.42. The Morgan fingerprint density at radius 2 is 1.77 bits per heavy atom. The topological polar surface area (TPSA) is 55.7 Å². The number of aromatic nitrogens is 2. The zero-order valence-electron chi connectivity index (χ0n) is 18.0. The third-order valence-electron chi connectivity index (χ3n) is 6.64. The van der Waals surface area contributed by atoms with E-state index in [0.717, 1.165) is 75.6 Å². The van der Waals surface area contributed by atoms with E-state index in [4.69, 9.17) is 16.6 Å². The summed E-state index contributed by atoms with van der Waals surface area (Å²) >= 11 is 6.24. The third-order valence-corrected chi connectivity index (χ3v) is 6.85. The Morgan fingerprint density at radius 1 is 1.03 bits per heavy atom. The fraction of sp³-hybridized carbons (Fsp3) is 0.565. The van der Waals surface area contributed by atoms with E-state index in [1.54, 1.807) is 0 Å². The third kappa shape index (κ3) is 4.94. The van der Waals surface area contributed by atoms with Crippen molar-refractivity contribution in [3.8, 4) is 11.3 Å². The minimum atomic E-state index is 0.0106. The molecule has 0 amide bonds. The lowest BCUT2D eigenvalue weighted by Crippen LogP contribution is -2.43. The van der Waals surface area contributed by atoms with Gasteiger partial charge in [-0.15, -0.1) is 0 Å². The van der Waals surface area contributed by atoms with Crippen LogP contribution in [-0.4, -0.2) is 77.8 Å². The maximum Gasteiger partial charge on any atom is 0.131 e. The van der Waals surface area contributed by atoms with Gasteiger partial charge in [0.25, 0.3) is 0 Å². The number of pyridine rings is 2. The van der Waals surface area contributed by atoms with E-state index in [0.29, 0.717) is 5.15 Å². The average molecular weight is 430 g/mol. The number of nitrogens with zero attached hydrogens (tertiary/aromatic N) is 5. The Morgan fingerprint density at radius 3 is 2.40 bits per heavy atom. The fourth-order valence-electron chi connectivity index (χ4n) is 4.27. The molecule has 2 aliphatic rings. The van der Waals surface area contributed by atoms with Crippen LogP contribution in [0.25, 0.3) is 11.3 Å². The van der Waals surface area contributed by atoms with Crippen molar-refractivity contribution < 1.29 is 5.11 Å². The molecule has 1 N–H and O–H groups in total. The highest BCUT2D eigenvalue weighted by molar-refractivity contribution is 6.29. The summed E-state index contributed by atoms with van der Waals surface area (Å²) < 4.78 is 0. The van der Waals surface area contributed by atoms with Crippen molar-refractivity contribution >= 4 is 17.3 Å². The summed E-state index contributed by atoms with van der Waals surface area (Å²) in [6, 6.07) is 6.22. The number of piperidine rings is 1. The van der Waals surface area contributed by atoms with E-state index in [2.05, 4.69) is 45.8 Å². The van der Waals surface area contributed by atoms with Crippen LogP contribution >= 0.6 is 11.6 Å². The van der Waals surface area contributed by atoms with Crippen molar-refractivity contribution in [2.75, 3.05) is 57.8 Å². The van der Waals surface area contributed by atoms with Gasteiger partial charge in [0.1, 0.15) is 5.15 Å². The average Bonchev–Trinajstić information content (AvgIpc) is 2.77. The van der Waals surface area contributed by atoms with Crippen molar-refractivity contribution in [2.45, 2.75) is 26.3 Å². The van der Waals surface area contributed by atoms with Crippen molar-refractivity contribution in [3.05, 3.63) is 41.3 Å². The van der Waals surface area contributed by atoms with Crippen molar-refractivity contribution in [1.82, 2.24) is 19.8 Å². The number of hydrogen-bond donors (Lipinski definition) is 1. The molecule has 0 bridgehead atoms. The first-order valence-electron chi connectivity index (χ1n) is 10.8. The minimum Gasteiger partial charge on any atom is -0.396 e. The van der Waals surface area contributed by atoms with Gasteiger partial charge < -0.3 is 14.9 Å². The zero-order chi connectivity index (χ0) is 21.1. The molecule has 0 atom stereocenters. The smallest absolute Gasteiger partial charge is 0.131 e. The van der Waals surface area contributed by atoms with Gasteiger partial charge in [-0.05, 0) is 43.0 Å². The van der Waals surface area contributed by atoms with Gasteiger partial charge in [0.05, 0.1) is 11.4 Å². The highest BCUT2D eigenvalue weighted by Gasteiger charge is 2.30. The van der Waals surface area contributed by atoms with Crippen LogP contribution in [0.3, 0.4) is 0 Å². The highest BCUT2D eigenvalue weighted by Crippen LogP contribution is 2.37. The van der Waals surface area contributed by atoms with Crippen LogP contribution in [0.4, 0.5) is 5.69 Å². The Balaban J connectivity index is 1.50. The van der Waals surface area contributed by atoms with Crippen LogP contribution < -0.4 is 4.90 Å². The summed E-state index contributed by atoms with van der Waals surface area (Å²) in [6.07, 6.45) is 5.74. The number of hydrogen-bond acceptors (Lipinski definition) is 6. The monoisotopic (exact) mass is 429 g/mol. The summed E-state index contributed by atoms with van der Waals surface area (Å²) in [5.74, 6) is 0. The molecule has 0 radical (unpaired) electrons. The molecular weight excluding hydrogens is 398 g/mol. The second kappa shape index (κ2) is 9.18. The van der Waals surface area contributed by atoms with Crippen LogP contribution in [0.1, 0.15) is 25.3 Å². The first kappa shape index (κ1) is 21.5. The predicted octanol–water partition coefficient (Wildman–Crippen LogP) is 3.14. The molecule has 2 saturated heterocycles. The Labute approximate surface area is 184 Å². The SMILES string of the molecule is CN1CCN(Cc2ccc(-c3cnc(Cl)cc3N3CCC(C)(CO)CC3)nc2)CC1. The second-order valence-corrected chi connectivity index (χ2v) is 9.50. The first-order valence-corrected chi connectivity index (χ1v) is 11.2. The molecule has 0 aromatic carbocycles. The number of likely N-dealkylation sites (N-methyl/N-ethyl adjacent to an activating group) is 1. The Hall–Kier alpha value is -1.73. The molecule has 0 spiro atoms. The van der Waals surface area contributed by atoms with E-state index >= 15 is 0 Å². The van der Waals surface area contributed by atoms with Crippen LogP contribution in [0.5, 0.6) is 0 Å². The summed E-state index contributed by atoms with van der Waals surface area (Å²) in [5.41, 5.74) is 4.26. The van der Waals surface area contributed by atoms with Gasteiger partial charge in [0, 0.05) is 70.4 Å². The standard InChI is InChI=1S/C23H32ClN5O/c1-23(17-30)5-7-29(8-6-23)21-13-22(24)26-15-19(21)20-4-3-18(14-25-20)16-28-11-9-27(2)10-12-28/h3-4,13-15,30H,5-12,16-17H2,1-2H3. The molecule has 4 heterocycles. The van der Waals surface area contributed by atoms with E-state index in [9.17, 15) is 5.11 Å². The molecule has 162 valence electrons. The highest BCUT2D eigenvalue weighted by atomic mass is 35.5. The van der Waals surface area contributed by atoms with Gasteiger partial charge in [-0.3, -0.25) is 9.88 Å². The lowest BCUT2D eigenvalue weighted by Gasteiger charge is -2.40. The number of rotatable bonds is 5. The molecule has 2 aliphatic heterocycles. The molecule has 4 rings (SSSR count). The van der Waals surface area contributed by atoms with Crippen molar-refractivity contribution in [2.24, 2.45) is 5.41 Å². The second-order valence-electron chi connectivity index (χ2n) is 9.11. The molecule has 2 aromatic rings. The Kier molecular flexibility index (Phi) is 6.58. The summed E-state index contributed by atoms with van der Waals surface area (Å²) in [4.78, 5) is 16.3. The quantitative estimate of drug-likeness (QED) is 0.737. The van der Waals surface area contributed by atoms with Crippen molar-refractivity contribution in [1.29, 1.82) is 0 Å². The van der Waals surface area contributed by atoms with Gasteiger partial charge in [0.2, 0.25) is 0 Å². The maximum atomic E-state index is 9.67. The van der Waals surface area contributed by atoms with Crippen LogP contribution in [-0.2, 0) is 6.54 Å². The van der Waals surface area contributed by atoms with Crippen molar-refractivity contribution in [3.63, 3.8) is 0 Å². The Bertz CT molecular complexity index is 843. The molecule has 2 aromatic heterocycles. The molecule has 7 heteroatoms. The van der Waals surface area contributed by atoms with Crippen LogP contribution in [0.2, 0.25) is 5.15 Å². The molecule has 6 nitrogen and oxygen atoms in total. The number of aliphatic hydroxyl groups excluding tert-OH is 1. The number of piperazine rings is 1. The molecule has 2 fully saturated rings. The van der Waals surface area contributed by atoms with E-state index in [-0.39, 0.29) is 12.0 Å². The van der Waals surface area contributed by atoms with Gasteiger partial charge in [-0.2, -0.15) is 0 Å². The summed E-state index contributed by atoms with van der Waals surface area (Å²) in [6.45, 7) is 9.58. The normalized spacial score (nSPS) is 20.5. The number of aliphatic hydroxyl groups is 1. The van der Waals surface area contributed by atoms with E-state index in [1.807, 2.05) is 18.5 Å². The van der Waals surface area contributed by atoms with Gasteiger partial charge in [-0.25, -0.2) is 4.98 Å². The van der Waals surface area contributed by atoms with E-state index in [1.165, 1.54) is 5.56 Å². The van der Waals surface area contributed by atoms with Gasteiger partial charge >= 0.3 is 0 Å². The minimum absolute atomic E-state index is 0.0106. The molecule has 0 aliphatic carbocycles. The van der Waals surface area contributed by atoms with E-state index < -0.39 is 0 Å². The largest absolute Gasteiger partial charge is 0.396 e. The number of halogens is 1. The van der Waals surface area contributed by atoms with Gasteiger partial charge in [-0.1, -0.05) is 24.6 Å². The molecule has 0 saturated carbocycles. The summed E-state index contributed by atoms with van der Waals surface area (Å²) in [7, 11) is 2.18. The molecule has 0 unspecified atom stereocenters. The maximum absolute atomic E-state index is 9.67.